The summed E-state index contributed by atoms with van der Waals surface area (Å²) in [6.45, 7) is 3.58. The first-order chi connectivity index (χ1) is 18.7. The predicted molar refractivity (Wildman–Crippen MR) is 151 cm³/mol. The van der Waals surface area contributed by atoms with E-state index in [4.69, 9.17) is 20.2 Å². The van der Waals surface area contributed by atoms with Crippen LogP contribution in [-0.2, 0) is 10.0 Å². The Kier molecular flexibility index (Phi) is 10.8. The first-order valence-corrected chi connectivity index (χ1v) is 14.8. The SMILES string of the molecule is CCOc1cccc2sc(N(CCCN(C)C)C(=O)c3ccc(S(=O)(=O)N(CCC#N)CCC#N)cc3)nc12. The molecule has 12 heteroatoms. The summed E-state index contributed by atoms with van der Waals surface area (Å²) in [5.41, 5.74) is 1.02. The molecular weight excluding hydrogens is 536 g/mol. The van der Waals surface area contributed by atoms with Crippen molar-refractivity contribution in [2.45, 2.75) is 31.1 Å². The number of carbonyl (C=O) groups is 1. The zero-order chi connectivity index (χ0) is 28.4. The molecule has 1 amide bonds. The Hall–Kier alpha value is -3.55. The van der Waals surface area contributed by atoms with Crippen LogP contribution in [0.25, 0.3) is 10.2 Å². The lowest BCUT2D eigenvalue weighted by Gasteiger charge is -2.22. The topological polar surface area (TPSA) is 131 Å². The second-order valence-electron chi connectivity index (χ2n) is 8.89. The second-order valence-corrected chi connectivity index (χ2v) is 11.8. The number of fused-ring (bicyclic) bond motifs is 1. The van der Waals surface area contributed by atoms with E-state index < -0.39 is 10.0 Å². The van der Waals surface area contributed by atoms with E-state index in [2.05, 4.69) is 0 Å². The van der Waals surface area contributed by atoms with Gasteiger partial charge < -0.3 is 9.64 Å². The smallest absolute Gasteiger partial charge is 0.260 e. The number of nitrogens with zero attached hydrogens (tertiary/aromatic N) is 6. The van der Waals surface area contributed by atoms with Gasteiger partial charge >= 0.3 is 0 Å². The Labute approximate surface area is 233 Å². The van der Waals surface area contributed by atoms with E-state index in [0.29, 0.717) is 41.5 Å². The third-order valence-electron chi connectivity index (χ3n) is 5.82. The van der Waals surface area contributed by atoms with Gasteiger partial charge in [0.2, 0.25) is 10.0 Å². The van der Waals surface area contributed by atoms with Gasteiger partial charge in [-0.05, 0) is 70.4 Å². The summed E-state index contributed by atoms with van der Waals surface area (Å²) in [7, 11) is -0.00287. The molecule has 0 saturated heterocycles. The van der Waals surface area contributed by atoms with Gasteiger partial charge in [0.05, 0.1) is 28.3 Å². The van der Waals surface area contributed by atoms with Crippen LogP contribution in [-0.4, -0.2) is 75.4 Å². The molecule has 0 unspecified atom stereocenters. The molecular formula is C27H32N6O4S2. The average molecular weight is 569 g/mol. The molecule has 0 aliphatic carbocycles. The van der Waals surface area contributed by atoms with Crippen molar-refractivity contribution in [2.24, 2.45) is 0 Å². The molecule has 206 valence electrons. The third kappa shape index (κ3) is 7.52. The van der Waals surface area contributed by atoms with Gasteiger partial charge in [-0.15, -0.1) is 0 Å². The number of anilines is 1. The highest BCUT2D eigenvalue weighted by molar-refractivity contribution is 7.89. The van der Waals surface area contributed by atoms with E-state index >= 15 is 0 Å². The zero-order valence-electron chi connectivity index (χ0n) is 22.3. The number of aromatic nitrogens is 1. The van der Waals surface area contributed by atoms with Gasteiger partial charge in [-0.3, -0.25) is 9.69 Å². The van der Waals surface area contributed by atoms with Gasteiger partial charge in [0.25, 0.3) is 5.91 Å². The number of nitriles is 2. The highest BCUT2D eigenvalue weighted by Crippen LogP contribution is 2.35. The van der Waals surface area contributed by atoms with Crippen molar-refractivity contribution < 1.29 is 17.9 Å². The van der Waals surface area contributed by atoms with Crippen molar-refractivity contribution in [2.75, 3.05) is 51.8 Å². The van der Waals surface area contributed by atoms with E-state index in [1.807, 2.05) is 56.3 Å². The quantitative estimate of drug-likeness (QED) is 0.284. The monoisotopic (exact) mass is 568 g/mol. The molecule has 10 nitrogen and oxygen atoms in total. The van der Waals surface area contributed by atoms with E-state index in [1.54, 1.807) is 4.90 Å². The molecule has 0 atom stereocenters. The first-order valence-electron chi connectivity index (χ1n) is 12.6. The van der Waals surface area contributed by atoms with Crippen molar-refractivity contribution in [1.82, 2.24) is 14.2 Å². The van der Waals surface area contributed by atoms with Crippen LogP contribution in [0.4, 0.5) is 5.13 Å². The number of hydrogen-bond donors (Lipinski definition) is 0. The zero-order valence-corrected chi connectivity index (χ0v) is 24.0. The van der Waals surface area contributed by atoms with Crippen LogP contribution < -0.4 is 9.64 Å². The largest absolute Gasteiger partial charge is 0.492 e. The van der Waals surface area contributed by atoms with Crippen LogP contribution in [0.2, 0.25) is 0 Å². The summed E-state index contributed by atoms with van der Waals surface area (Å²) in [6, 6.07) is 15.3. The van der Waals surface area contributed by atoms with Crippen molar-refractivity contribution in [3.8, 4) is 17.9 Å². The molecule has 0 bridgehead atoms. The van der Waals surface area contributed by atoms with Gasteiger partial charge in [-0.25, -0.2) is 13.4 Å². The second kappa shape index (κ2) is 14.0. The normalized spacial score (nSPS) is 11.5. The van der Waals surface area contributed by atoms with Crippen molar-refractivity contribution in [1.29, 1.82) is 10.5 Å². The van der Waals surface area contributed by atoms with Crippen LogP contribution >= 0.6 is 11.3 Å². The molecule has 1 heterocycles. The van der Waals surface area contributed by atoms with Gasteiger partial charge in [-0.1, -0.05) is 17.4 Å². The van der Waals surface area contributed by atoms with Crippen molar-refractivity contribution >= 4 is 42.6 Å². The molecule has 0 fully saturated rings. The van der Waals surface area contributed by atoms with E-state index in [1.165, 1.54) is 35.6 Å². The fourth-order valence-corrected chi connectivity index (χ4v) is 6.35. The molecule has 0 radical (unpaired) electrons. The molecule has 3 aromatic rings. The molecule has 1 aromatic heterocycles. The summed E-state index contributed by atoms with van der Waals surface area (Å²) in [6.07, 6.45) is 0.735. The number of hydrogen-bond acceptors (Lipinski definition) is 9. The van der Waals surface area contributed by atoms with Crippen LogP contribution in [0.5, 0.6) is 5.75 Å². The maximum Gasteiger partial charge on any atom is 0.260 e. The Balaban J connectivity index is 1.92. The van der Waals surface area contributed by atoms with Crippen LogP contribution in [0.1, 0.15) is 36.5 Å². The lowest BCUT2D eigenvalue weighted by atomic mass is 10.2. The van der Waals surface area contributed by atoms with E-state index in [0.717, 1.165) is 15.5 Å². The van der Waals surface area contributed by atoms with Crippen LogP contribution in [0.3, 0.4) is 0 Å². The molecule has 0 aliphatic rings. The number of carbonyl (C=O) groups excluding carboxylic acids is 1. The van der Waals surface area contributed by atoms with Gasteiger partial charge in [-0.2, -0.15) is 14.8 Å². The number of para-hydroxylation sites is 1. The maximum absolute atomic E-state index is 13.7. The predicted octanol–water partition coefficient (Wildman–Crippen LogP) is 4.11. The number of rotatable bonds is 14. The fourth-order valence-electron chi connectivity index (χ4n) is 3.90. The minimum absolute atomic E-state index is 0.00423. The Morgan fingerprint density at radius 2 is 1.67 bits per heavy atom. The highest BCUT2D eigenvalue weighted by atomic mass is 32.2. The summed E-state index contributed by atoms with van der Waals surface area (Å²) in [4.78, 5) is 22.1. The van der Waals surface area contributed by atoms with Gasteiger partial charge in [0, 0.05) is 38.0 Å². The number of amides is 1. The first kappa shape index (κ1) is 30.0. The number of ether oxygens (including phenoxy) is 1. The van der Waals surface area contributed by atoms with Gasteiger partial charge in [0.15, 0.2) is 5.13 Å². The minimum atomic E-state index is -3.94. The molecule has 0 N–H and O–H groups in total. The van der Waals surface area contributed by atoms with Crippen LogP contribution in [0, 0.1) is 22.7 Å². The van der Waals surface area contributed by atoms with Crippen LogP contribution in [0.15, 0.2) is 47.4 Å². The molecule has 39 heavy (non-hydrogen) atoms. The molecule has 0 spiro atoms. The highest BCUT2D eigenvalue weighted by Gasteiger charge is 2.26. The van der Waals surface area contributed by atoms with Crippen molar-refractivity contribution in [3.63, 3.8) is 0 Å². The fraction of sp³-hybridized carbons (Fsp3) is 0.407. The third-order valence-corrected chi connectivity index (χ3v) is 8.78. The molecule has 3 rings (SSSR count). The lowest BCUT2D eigenvalue weighted by molar-refractivity contribution is 0.0986. The summed E-state index contributed by atoms with van der Waals surface area (Å²) >= 11 is 1.40. The standard InChI is InChI=1S/C27H32N6O4S2/c1-4-37-23-9-5-10-24-25(23)30-27(38-24)33(20-8-17-31(2)3)26(34)21-11-13-22(14-12-21)39(35,36)32(18-6-15-28)19-7-16-29/h5,9-14H,4,6-8,17-20H2,1-3H3. The number of sulfonamides is 1. The lowest BCUT2D eigenvalue weighted by Crippen LogP contribution is -2.34. The van der Waals surface area contributed by atoms with E-state index in [-0.39, 0.29) is 36.7 Å². The Morgan fingerprint density at radius 3 is 2.26 bits per heavy atom. The minimum Gasteiger partial charge on any atom is -0.492 e. The van der Waals surface area contributed by atoms with Crippen molar-refractivity contribution in [3.05, 3.63) is 48.0 Å². The Bertz CT molecular complexity index is 1440. The molecule has 0 saturated carbocycles. The maximum atomic E-state index is 13.7. The van der Waals surface area contributed by atoms with Gasteiger partial charge in [0.1, 0.15) is 11.3 Å². The number of thiazole rings is 1. The summed E-state index contributed by atoms with van der Waals surface area (Å²) in [5, 5.41) is 18.4. The molecule has 2 aromatic carbocycles. The average Bonchev–Trinajstić information content (AvgIpc) is 3.36. The number of benzene rings is 2. The Morgan fingerprint density at radius 1 is 1.00 bits per heavy atom. The molecule has 0 aliphatic heterocycles. The summed E-state index contributed by atoms with van der Waals surface area (Å²) in [5.74, 6) is 0.366. The summed E-state index contributed by atoms with van der Waals surface area (Å²) < 4.78 is 34.1. The van der Waals surface area contributed by atoms with E-state index in [9.17, 15) is 13.2 Å².